The molecule has 4 heteroatoms. The van der Waals surface area contributed by atoms with E-state index in [1.165, 1.54) is 5.56 Å². The van der Waals surface area contributed by atoms with Crippen LogP contribution in [0, 0.1) is 0 Å². The highest BCUT2D eigenvalue weighted by molar-refractivity contribution is 5.56. The summed E-state index contributed by atoms with van der Waals surface area (Å²) in [5.41, 5.74) is 3.36. The zero-order valence-corrected chi connectivity index (χ0v) is 17.0. The Morgan fingerprint density at radius 3 is 2.21 bits per heavy atom. The predicted molar refractivity (Wildman–Crippen MR) is 118 cm³/mol. The Labute approximate surface area is 173 Å². The molecule has 0 aliphatic heterocycles. The Balaban J connectivity index is 1.56. The van der Waals surface area contributed by atoms with Crippen molar-refractivity contribution in [2.75, 3.05) is 31.7 Å². The summed E-state index contributed by atoms with van der Waals surface area (Å²) < 4.78 is 17.3. The Kier molecular flexibility index (Phi) is 8.42. The zero-order valence-electron chi connectivity index (χ0n) is 17.0. The van der Waals surface area contributed by atoms with Gasteiger partial charge in [-0.25, -0.2) is 0 Å². The average molecular weight is 392 g/mol. The number of benzene rings is 3. The third kappa shape index (κ3) is 6.84. The van der Waals surface area contributed by atoms with Crippen molar-refractivity contribution in [3.63, 3.8) is 0 Å². The predicted octanol–water partition coefficient (Wildman–Crippen LogP) is 5.34. The highest BCUT2D eigenvalue weighted by Crippen LogP contribution is 2.26. The fourth-order valence-corrected chi connectivity index (χ4v) is 3.00. The van der Waals surface area contributed by atoms with Gasteiger partial charge < -0.3 is 19.5 Å². The van der Waals surface area contributed by atoms with Crippen LogP contribution < -0.4 is 14.8 Å². The largest absolute Gasteiger partial charge is 0.493 e. The van der Waals surface area contributed by atoms with Crippen molar-refractivity contribution in [3.05, 3.63) is 90.0 Å². The molecule has 0 heterocycles. The molecule has 4 nitrogen and oxygen atoms in total. The van der Waals surface area contributed by atoms with Crippen LogP contribution in [0.3, 0.4) is 0 Å². The quantitative estimate of drug-likeness (QED) is 0.423. The van der Waals surface area contributed by atoms with Gasteiger partial charge in [0.1, 0.15) is 18.1 Å². The first-order valence-corrected chi connectivity index (χ1v) is 10.1. The summed E-state index contributed by atoms with van der Waals surface area (Å²) in [6, 6.07) is 26.5. The average Bonchev–Trinajstić information content (AvgIpc) is 2.77. The van der Waals surface area contributed by atoms with Crippen molar-refractivity contribution in [2.24, 2.45) is 0 Å². The number of nitrogens with one attached hydrogen (secondary N) is 1. The van der Waals surface area contributed by atoms with Gasteiger partial charge in [-0.15, -0.1) is 0 Å². The van der Waals surface area contributed by atoms with Crippen molar-refractivity contribution in [3.8, 4) is 11.5 Å². The molecule has 3 aromatic rings. The van der Waals surface area contributed by atoms with Crippen LogP contribution in [0.15, 0.2) is 78.9 Å². The topological polar surface area (TPSA) is 39.7 Å². The van der Waals surface area contributed by atoms with Crippen LogP contribution in [0.1, 0.15) is 18.1 Å². The second-order valence-electron chi connectivity index (χ2n) is 6.59. The van der Waals surface area contributed by atoms with Gasteiger partial charge in [-0.2, -0.15) is 0 Å². The summed E-state index contributed by atoms with van der Waals surface area (Å²) in [7, 11) is 0. The molecular formula is C25H29NO3. The van der Waals surface area contributed by atoms with E-state index in [0.29, 0.717) is 33.0 Å². The van der Waals surface area contributed by atoms with Crippen molar-refractivity contribution < 1.29 is 14.2 Å². The molecule has 0 saturated heterocycles. The van der Waals surface area contributed by atoms with Crippen LogP contribution in [0.25, 0.3) is 0 Å². The summed E-state index contributed by atoms with van der Waals surface area (Å²) in [5.74, 6) is 1.74. The second-order valence-corrected chi connectivity index (χ2v) is 6.59. The molecule has 3 aromatic carbocycles. The normalized spacial score (nSPS) is 10.5. The van der Waals surface area contributed by atoms with Crippen molar-refractivity contribution >= 4 is 5.69 Å². The van der Waals surface area contributed by atoms with E-state index in [9.17, 15) is 0 Å². The Morgan fingerprint density at radius 1 is 0.690 bits per heavy atom. The lowest BCUT2D eigenvalue weighted by Gasteiger charge is -2.15. The number of hydrogen-bond donors (Lipinski definition) is 1. The van der Waals surface area contributed by atoms with E-state index < -0.39 is 0 Å². The monoisotopic (exact) mass is 391 g/mol. The standard InChI is InChI=1S/C25H29NO3/c1-2-27-18-19-29-25-15-9-7-13-23(25)26-20-22-12-6-8-14-24(22)28-17-16-21-10-4-3-5-11-21/h3-15,26H,2,16-20H2,1H3. The van der Waals surface area contributed by atoms with Crippen LogP contribution in [0.4, 0.5) is 5.69 Å². The van der Waals surface area contributed by atoms with Gasteiger partial charge in [0.2, 0.25) is 0 Å². The lowest BCUT2D eigenvalue weighted by atomic mass is 10.1. The summed E-state index contributed by atoms with van der Waals surface area (Å²) in [4.78, 5) is 0. The fourth-order valence-electron chi connectivity index (χ4n) is 3.00. The molecule has 29 heavy (non-hydrogen) atoms. The first-order valence-electron chi connectivity index (χ1n) is 10.1. The van der Waals surface area contributed by atoms with Crippen LogP contribution in [-0.2, 0) is 17.7 Å². The van der Waals surface area contributed by atoms with Crippen molar-refractivity contribution in [1.29, 1.82) is 0 Å². The highest BCUT2D eigenvalue weighted by atomic mass is 16.5. The van der Waals surface area contributed by atoms with Gasteiger partial charge in [0, 0.05) is 25.1 Å². The first-order chi connectivity index (χ1) is 14.4. The Hall–Kier alpha value is -2.98. The Morgan fingerprint density at radius 2 is 1.38 bits per heavy atom. The molecule has 0 aliphatic rings. The molecule has 1 N–H and O–H groups in total. The molecule has 0 amide bonds. The van der Waals surface area contributed by atoms with Crippen molar-refractivity contribution in [2.45, 2.75) is 19.9 Å². The highest BCUT2D eigenvalue weighted by Gasteiger charge is 2.06. The lowest BCUT2D eigenvalue weighted by molar-refractivity contribution is 0.110. The minimum absolute atomic E-state index is 0.533. The van der Waals surface area contributed by atoms with E-state index in [1.807, 2.05) is 55.5 Å². The van der Waals surface area contributed by atoms with E-state index in [-0.39, 0.29) is 0 Å². The third-order valence-corrected chi connectivity index (χ3v) is 4.51. The maximum atomic E-state index is 6.06. The summed E-state index contributed by atoms with van der Waals surface area (Å²) in [6.07, 6.45) is 0.888. The lowest BCUT2D eigenvalue weighted by Crippen LogP contribution is -2.09. The number of hydrogen-bond acceptors (Lipinski definition) is 4. The van der Waals surface area contributed by atoms with E-state index in [2.05, 4.69) is 35.6 Å². The van der Waals surface area contributed by atoms with Gasteiger partial charge in [-0.3, -0.25) is 0 Å². The van der Waals surface area contributed by atoms with Gasteiger partial charge in [0.05, 0.1) is 18.9 Å². The minimum atomic E-state index is 0.533. The van der Waals surface area contributed by atoms with E-state index >= 15 is 0 Å². The van der Waals surface area contributed by atoms with E-state index in [1.54, 1.807) is 0 Å². The fraction of sp³-hybridized carbons (Fsp3) is 0.280. The van der Waals surface area contributed by atoms with Crippen LogP contribution in [0.2, 0.25) is 0 Å². The number of para-hydroxylation sites is 3. The number of rotatable bonds is 12. The van der Waals surface area contributed by atoms with Crippen LogP contribution >= 0.6 is 0 Å². The molecule has 0 aliphatic carbocycles. The molecule has 152 valence electrons. The SMILES string of the molecule is CCOCCOc1ccccc1NCc1ccccc1OCCc1ccccc1. The number of ether oxygens (including phenoxy) is 3. The molecule has 0 atom stereocenters. The molecule has 0 bridgehead atoms. The molecule has 3 rings (SSSR count). The molecule has 0 fully saturated rings. The summed E-state index contributed by atoms with van der Waals surface area (Å²) in [5, 5.41) is 3.47. The van der Waals surface area contributed by atoms with Gasteiger partial charge in [-0.05, 0) is 30.7 Å². The van der Waals surface area contributed by atoms with Gasteiger partial charge in [0.15, 0.2) is 0 Å². The molecular weight excluding hydrogens is 362 g/mol. The maximum absolute atomic E-state index is 6.06. The summed E-state index contributed by atoms with van der Waals surface area (Å²) >= 11 is 0. The number of anilines is 1. The zero-order chi connectivity index (χ0) is 20.2. The minimum Gasteiger partial charge on any atom is -0.493 e. The van der Waals surface area contributed by atoms with Gasteiger partial charge >= 0.3 is 0 Å². The smallest absolute Gasteiger partial charge is 0.142 e. The molecule has 0 radical (unpaired) electrons. The molecule has 0 spiro atoms. The van der Waals surface area contributed by atoms with E-state index in [0.717, 1.165) is 29.2 Å². The summed E-state index contributed by atoms with van der Waals surface area (Å²) in [6.45, 7) is 5.11. The van der Waals surface area contributed by atoms with Crippen LogP contribution in [0.5, 0.6) is 11.5 Å². The van der Waals surface area contributed by atoms with E-state index in [4.69, 9.17) is 14.2 Å². The Bertz CT molecular complexity index is 851. The first kappa shape index (κ1) is 20.7. The van der Waals surface area contributed by atoms with Crippen molar-refractivity contribution in [1.82, 2.24) is 0 Å². The van der Waals surface area contributed by atoms with Gasteiger partial charge in [0.25, 0.3) is 0 Å². The molecule has 0 saturated carbocycles. The van der Waals surface area contributed by atoms with Gasteiger partial charge in [-0.1, -0.05) is 60.7 Å². The molecule has 0 unspecified atom stereocenters. The third-order valence-electron chi connectivity index (χ3n) is 4.51. The second kappa shape index (κ2) is 11.8. The maximum Gasteiger partial charge on any atom is 0.142 e. The van der Waals surface area contributed by atoms with Crippen LogP contribution in [-0.4, -0.2) is 26.4 Å². The molecule has 0 aromatic heterocycles.